The summed E-state index contributed by atoms with van der Waals surface area (Å²) < 4.78 is 101. The fraction of sp³-hybridized carbons (Fsp3) is 0.545. The minimum absolute atomic E-state index is 0.0147. The van der Waals surface area contributed by atoms with Crippen molar-refractivity contribution in [2.75, 3.05) is 77.3 Å². The van der Waals surface area contributed by atoms with Gasteiger partial charge in [-0.1, -0.05) is 76.3 Å². The van der Waals surface area contributed by atoms with E-state index in [-0.39, 0.29) is 107 Å². The third-order valence-electron chi connectivity index (χ3n) is 22.9. The van der Waals surface area contributed by atoms with Crippen molar-refractivity contribution in [2.45, 2.75) is 241 Å². The predicted octanol–water partition coefficient (Wildman–Crippen LogP) is 18.3. The van der Waals surface area contributed by atoms with Gasteiger partial charge in [-0.25, -0.2) is 40.2 Å². The SMILES string of the molecule is Cc1cc(Nc2ncc(Cl)c(Nc3cn(C)nc3S(=O)(=O)CC(C)C)n2)c(OC2CC2)cc1C1CCC(=O)CC1.Cc1cc(Nc2ncc(Cl)c(Nc3cn(C)nc3S(=O)(=O)CC(C)C)n2)c(OC2CC2)cc1C1CCC(N(C)C)CC1.Cc1cc(Nc2ncc(Cl)c(Nc3cn(C)nc3S(=O)(=O)CC(C)C)n2)c(OC2CC2)cc1C1CCC(N(C)C)CC1. The van der Waals surface area contributed by atoms with Gasteiger partial charge < -0.3 is 55.9 Å². The first kappa shape index (κ1) is 92.7. The molecule has 9 aromatic rings. The van der Waals surface area contributed by atoms with Crippen LogP contribution >= 0.6 is 34.8 Å². The van der Waals surface area contributed by atoms with Gasteiger partial charge in [0, 0.05) is 64.7 Å². The van der Waals surface area contributed by atoms with Gasteiger partial charge in [0.15, 0.2) is 47.0 Å². The van der Waals surface area contributed by atoms with E-state index in [2.05, 4.69) is 166 Å². The quantitative estimate of drug-likeness (QED) is 0.0228. The molecular weight excluding hydrogens is 1700 g/mol. The first-order valence-electron chi connectivity index (χ1n) is 43.0. The molecule has 6 aliphatic rings. The van der Waals surface area contributed by atoms with Gasteiger partial charge in [0.05, 0.1) is 88.3 Å². The molecule has 0 saturated heterocycles. The lowest BCUT2D eigenvalue weighted by molar-refractivity contribution is -0.120. The summed E-state index contributed by atoms with van der Waals surface area (Å²) >= 11 is 19.3. The molecule has 6 fully saturated rings. The number of nitrogens with zero attached hydrogens (tertiary/aromatic N) is 14. The number of aryl methyl sites for hydroxylation is 6. The van der Waals surface area contributed by atoms with Gasteiger partial charge in [0.1, 0.15) is 38.1 Å². The molecule has 124 heavy (non-hydrogen) atoms. The fourth-order valence-corrected chi connectivity index (χ4v) is 22.0. The number of sulfone groups is 3. The molecule has 6 aromatic heterocycles. The maximum absolute atomic E-state index is 13.0. The monoisotopic (exact) mass is 1820 g/mol. The summed E-state index contributed by atoms with van der Waals surface area (Å²) in [7, 11) is 2.84. The molecular formula is C88H119Cl3N20O10S3. The van der Waals surface area contributed by atoms with Crippen molar-refractivity contribution in [3.63, 3.8) is 0 Å². The third kappa shape index (κ3) is 24.2. The number of nitrogens with one attached hydrogen (secondary N) is 6. The molecule has 36 heteroatoms. The fourth-order valence-electron chi connectivity index (χ4n) is 16.4. The van der Waals surface area contributed by atoms with E-state index in [1.807, 2.05) is 47.6 Å². The van der Waals surface area contributed by atoms with Crippen LogP contribution in [-0.4, -0.2) is 176 Å². The van der Waals surface area contributed by atoms with E-state index in [0.717, 1.165) is 117 Å². The Bertz CT molecular complexity index is 5440. The van der Waals surface area contributed by atoms with Crippen LogP contribution in [0.15, 0.2) is 88.7 Å². The van der Waals surface area contributed by atoms with Crippen molar-refractivity contribution in [1.82, 2.24) is 69.0 Å². The minimum atomic E-state index is -3.63. The highest BCUT2D eigenvalue weighted by molar-refractivity contribution is 7.92. The summed E-state index contributed by atoms with van der Waals surface area (Å²) in [4.78, 5) is 43.4. The lowest BCUT2D eigenvalue weighted by Gasteiger charge is -2.33. The molecule has 6 saturated carbocycles. The summed E-state index contributed by atoms with van der Waals surface area (Å²) in [5.74, 6) is 5.53. The van der Waals surface area contributed by atoms with Crippen LogP contribution < -0.4 is 46.1 Å². The Morgan fingerprint density at radius 3 is 0.911 bits per heavy atom. The highest BCUT2D eigenvalue weighted by Gasteiger charge is 2.35. The van der Waals surface area contributed by atoms with Crippen LogP contribution in [0.1, 0.15) is 208 Å². The number of hydrogen-bond donors (Lipinski definition) is 6. The molecule has 3 aromatic carbocycles. The number of Topliss-reactive ketones (excluding diaryl/α,β-unsaturated/α-hetero) is 1. The molecule has 0 atom stereocenters. The van der Waals surface area contributed by atoms with Gasteiger partial charge >= 0.3 is 0 Å². The number of carbonyl (C=O) groups is 1. The maximum atomic E-state index is 13.0. The molecule has 6 N–H and O–H groups in total. The Hall–Kier alpha value is -8.96. The summed E-state index contributed by atoms with van der Waals surface area (Å²) in [6, 6.07) is 14.1. The molecule has 6 aliphatic carbocycles. The Morgan fingerprint density at radius 1 is 0.395 bits per heavy atom. The molecule has 6 heterocycles. The number of hydrogen-bond acceptors (Lipinski definition) is 27. The van der Waals surface area contributed by atoms with Crippen molar-refractivity contribution in [2.24, 2.45) is 38.9 Å². The number of ether oxygens (including phenoxy) is 3. The standard InChI is InChI=1S/2C30H42ClN7O3S.C28H35ClN6O4S/c2*1-18(2)17-42(39,40)29-26(16-38(6)36-29)33-28-24(31)15-32-30(35-28)34-25-13-19(3)23(14-27(25)41-22-11-12-22)20-7-9-21(10-8-20)37(4)5;1-16(2)15-40(37,38)27-24(14-35(4)34-27)31-26-22(29)13-30-28(33-26)32-23-11-17(3)21(12-25(23)39-20-9-10-20)18-5-7-19(36)8-6-18/h2*13-16,18,20-22H,7-12,17H2,1-6H3,(H2,32,33,34,35);11-14,16,18,20H,5-10,15H2,1-4H3,(H2,30,31,32,33). The van der Waals surface area contributed by atoms with Gasteiger partial charge in [0.25, 0.3) is 0 Å². The Balaban J connectivity index is 0.000000160. The van der Waals surface area contributed by atoms with E-state index in [4.69, 9.17) is 49.0 Å². The largest absolute Gasteiger partial charge is 0.488 e. The Morgan fingerprint density at radius 2 is 0.661 bits per heavy atom. The second-order valence-corrected chi connectivity index (χ2v) is 42.9. The number of ketones is 1. The van der Waals surface area contributed by atoms with Gasteiger partial charge in [0.2, 0.25) is 32.9 Å². The van der Waals surface area contributed by atoms with E-state index in [1.165, 1.54) is 86.1 Å². The van der Waals surface area contributed by atoms with Gasteiger partial charge in [-0.05, 0) is 257 Å². The molecule has 0 amide bonds. The topological polar surface area (TPSA) is 357 Å². The molecule has 0 aliphatic heterocycles. The van der Waals surface area contributed by atoms with Crippen LogP contribution in [-0.2, 0) is 55.4 Å². The predicted molar refractivity (Wildman–Crippen MR) is 489 cm³/mol. The lowest BCUT2D eigenvalue weighted by Crippen LogP contribution is -2.31. The Kier molecular flexibility index (Phi) is 29.5. The number of benzene rings is 3. The average molecular weight is 1820 g/mol. The molecule has 670 valence electrons. The molecule has 0 spiro atoms. The number of anilines is 12. The number of aromatic nitrogens is 12. The van der Waals surface area contributed by atoms with Crippen molar-refractivity contribution >= 4 is 140 Å². The van der Waals surface area contributed by atoms with Crippen molar-refractivity contribution in [1.29, 1.82) is 0 Å². The smallest absolute Gasteiger partial charge is 0.229 e. The number of halogens is 3. The number of carbonyl (C=O) groups excluding carboxylic acids is 1. The van der Waals surface area contributed by atoms with Gasteiger partial charge in [-0.2, -0.15) is 30.2 Å². The molecule has 0 radical (unpaired) electrons. The normalized spacial score (nSPS) is 18.4. The van der Waals surface area contributed by atoms with Crippen LogP contribution in [0.5, 0.6) is 17.2 Å². The van der Waals surface area contributed by atoms with Crippen LogP contribution in [0.4, 0.5) is 69.4 Å². The molecule has 30 nitrogen and oxygen atoms in total. The van der Waals surface area contributed by atoms with Crippen LogP contribution in [0, 0.1) is 38.5 Å². The van der Waals surface area contributed by atoms with Crippen molar-refractivity contribution in [3.8, 4) is 17.2 Å². The van der Waals surface area contributed by atoms with Gasteiger partial charge in [-0.15, -0.1) is 0 Å². The average Bonchev–Trinajstić information content (AvgIpc) is 1.08. The highest BCUT2D eigenvalue weighted by atomic mass is 35.5. The number of rotatable bonds is 32. The van der Waals surface area contributed by atoms with E-state index in [1.54, 1.807) is 39.7 Å². The van der Waals surface area contributed by atoms with Crippen molar-refractivity contribution < 1.29 is 44.3 Å². The van der Waals surface area contributed by atoms with Crippen LogP contribution in [0.25, 0.3) is 0 Å². The minimum Gasteiger partial charge on any atom is -0.488 e. The molecule has 15 rings (SSSR count). The van der Waals surface area contributed by atoms with Crippen LogP contribution in [0.2, 0.25) is 15.1 Å². The zero-order valence-electron chi connectivity index (χ0n) is 73.8. The van der Waals surface area contributed by atoms with Crippen molar-refractivity contribution in [3.05, 3.63) is 122 Å². The lowest BCUT2D eigenvalue weighted by atomic mass is 9.80. The van der Waals surface area contributed by atoms with E-state index < -0.39 is 29.5 Å². The molecule has 0 unspecified atom stereocenters. The zero-order valence-corrected chi connectivity index (χ0v) is 78.5. The summed E-state index contributed by atoms with van der Waals surface area (Å²) in [5, 5.41) is 32.4. The first-order valence-corrected chi connectivity index (χ1v) is 49.1. The highest BCUT2D eigenvalue weighted by Crippen LogP contribution is 2.47. The molecule has 0 bridgehead atoms. The first-order chi connectivity index (χ1) is 58.8. The maximum Gasteiger partial charge on any atom is 0.229 e. The summed E-state index contributed by atoms with van der Waals surface area (Å²) in [6.45, 7) is 17.5. The van der Waals surface area contributed by atoms with E-state index >= 15 is 0 Å². The Labute approximate surface area is 744 Å². The van der Waals surface area contributed by atoms with Gasteiger partial charge in [-0.3, -0.25) is 18.8 Å². The van der Waals surface area contributed by atoms with Crippen LogP contribution in [0.3, 0.4) is 0 Å². The van der Waals surface area contributed by atoms with E-state index in [0.29, 0.717) is 77.4 Å². The van der Waals surface area contributed by atoms with E-state index in [9.17, 15) is 30.0 Å². The third-order valence-corrected chi connectivity index (χ3v) is 29.8. The second kappa shape index (κ2) is 39.5. The summed E-state index contributed by atoms with van der Waals surface area (Å²) in [5.41, 5.74) is 10.6. The summed E-state index contributed by atoms with van der Waals surface area (Å²) in [6.07, 6.45) is 28.5. The second-order valence-electron chi connectivity index (χ2n) is 35.8. The zero-order chi connectivity index (χ0) is 89.0.